The van der Waals surface area contributed by atoms with Crippen LogP contribution in [0.5, 0.6) is 0 Å². The van der Waals surface area contributed by atoms with E-state index in [-0.39, 0.29) is 0 Å². The molecule has 0 saturated heterocycles. The number of hydrogen-bond acceptors (Lipinski definition) is 3. The van der Waals surface area contributed by atoms with E-state index in [9.17, 15) is 0 Å². The molecular formula is C13H11Cl2N3. The first kappa shape index (κ1) is 11.9. The smallest absolute Gasteiger partial charge is 0.116 e. The van der Waals surface area contributed by atoms with Gasteiger partial charge in [0.05, 0.1) is 21.4 Å². The van der Waals surface area contributed by atoms with Crippen molar-refractivity contribution in [2.24, 2.45) is 0 Å². The minimum Gasteiger partial charge on any atom is -0.312 e. The van der Waals surface area contributed by atoms with E-state index in [2.05, 4.69) is 15.3 Å². The van der Waals surface area contributed by atoms with Crippen molar-refractivity contribution in [2.75, 3.05) is 6.54 Å². The highest BCUT2D eigenvalue weighted by Gasteiger charge is 2.16. The van der Waals surface area contributed by atoms with Crippen LogP contribution in [0.4, 0.5) is 0 Å². The predicted molar refractivity (Wildman–Crippen MR) is 72.9 cm³/mol. The van der Waals surface area contributed by atoms with Crippen molar-refractivity contribution in [1.82, 2.24) is 15.3 Å². The Morgan fingerprint density at radius 2 is 2.00 bits per heavy atom. The van der Waals surface area contributed by atoms with E-state index in [0.29, 0.717) is 10.0 Å². The molecule has 0 radical (unpaired) electrons. The summed E-state index contributed by atoms with van der Waals surface area (Å²) < 4.78 is 0. The summed E-state index contributed by atoms with van der Waals surface area (Å²) in [4.78, 5) is 8.72. The van der Waals surface area contributed by atoms with E-state index < -0.39 is 0 Å². The van der Waals surface area contributed by atoms with E-state index in [1.54, 1.807) is 12.4 Å². The highest BCUT2D eigenvalue weighted by Crippen LogP contribution is 2.30. The fourth-order valence-corrected chi connectivity index (χ4v) is 2.46. The molecule has 1 aliphatic heterocycles. The fraction of sp³-hybridized carbons (Fsp3) is 0.231. The molecule has 0 amide bonds. The number of fused-ring (bicyclic) bond motifs is 1. The maximum atomic E-state index is 6.06. The lowest BCUT2D eigenvalue weighted by Crippen LogP contribution is -2.25. The zero-order chi connectivity index (χ0) is 12.5. The number of nitrogens with zero attached hydrogens (tertiary/aromatic N) is 2. The first-order chi connectivity index (χ1) is 8.75. The Bertz CT molecular complexity index is 599. The van der Waals surface area contributed by atoms with Crippen molar-refractivity contribution in [1.29, 1.82) is 0 Å². The molecule has 0 saturated carbocycles. The van der Waals surface area contributed by atoms with Gasteiger partial charge in [0.2, 0.25) is 0 Å². The van der Waals surface area contributed by atoms with Gasteiger partial charge in [-0.05, 0) is 12.1 Å². The molecule has 3 nitrogen and oxygen atoms in total. The normalized spacial score (nSPS) is 14.3. The molecule has 0 fully saturated rings. The zero-order valence-electron chi connectivity index (χ0n) is 9.58. The van der Waals surface area contributed by atoms with Crippen LogP contribution in [-0.2, 0) is 13.0 Å². The van der Waals surface area contributed by atoms with Gasteiger partial charge in [-0.15, -0.1) is 0 Å². The van der Waals surface area contributed by atoms with Crippen LogP contribution in [-0.4, -0.2) is 16.5 Å². The molecule has 3 rings (SSSR count). The lowest BCUT2D eigenvalue weighted by molar-refractivity contribution is 0.627. The van der Waals surface area contributed by atoms with Crippen LogP contribution in [0.1, 0.15) is 11.3 Å². The maximum absolute atomic E-state index is 6.06. The second kappa shape index (κ2) is 4.84. The highest BCUT2D eigenvalue weighted by molar-refractivity contribution is 6.42. The molecule has 0 aliphatic carbocycles. The number of nitrogens with one attached hydrogen (secondary N) is 1. The summed E-state index contributed by atoms with van der Waals surface area (Å²) in [5, 5.41) is 4.44. The summed E-state index contributed by atoms with van der Waals surface area (Å²) in [6.07, 6.45) is 2.55. The molecule has 18 heavy (non-hydrogen) atoms. The molecule has 1 aromatic carbocycles. The molecule has 5 heteroatoms. The van der Waals surface area contributed by atoms with Crippen LogP contribution < -0.4 is 5.32 Å². The van der Waals surface area contributed by atoms with Crippen molar-refractivity contribution >= 4 is 23.2 Å². The third-order valence-corrected chi connectivity index (χ3v) is 3.81. The van der Waals surface area contributed by atoms with Crippen LogP contribution in [0.15, 0.2) is 24.5 Å². The van der Waals surface area contributed by atoms with Gasteiger partial charge in [0, 0.05) is 30.6 Å². The number of benzene rings is 1. The molecule has 0 atom stereocenters. The van der Waals surface area contributed by atoms with Gasteiger partial charge in [0.1, 0.15) is 6.33 Å². The molecule has 92 valence electrons. The molecule has 0 bridgehead atoms. The van der Waals surface area contributed by atoms with Gasteiger partial charge in [-0.1, -0.05) is 29.3 Å². The van der Waals surface area contributed by atoms with Crippen molar-refractivity contribution in [3.8, 4) is 11.3 Å². The van der Waals surface area contributed by atoms with Gasteiger partial charge in [0.15, 0.2) is 0 Å². The number of hydrogen-bond donors (Lipinski definition) is 1. The number of aromatic nitrogens is 2. The van der Waals surface area contributed by atoms with Crippen molar-refractivity contribution in [3.63, 3.8) is 0 Å². The Morgan fingerprint density at radius 3 is 2.83 bits per heavy atom. The Kier molecular flexibility index (Phi) is 3.20. The van der Waals surface area contributed by atoms with Gasteiger partial charge < -0.3 is 5.32 Å². The first-order valence-corrected chi connectivity index (χ1v) is 6.50. The van der Waals surface area contributed by atoms with Gasteiger partial charge in [0.25, 0.3) is 0 Å². The number of rotatable bonds is 1. The molecule has 0 unspecified atom stereocenters. The van der Waals surface area contributed by atoms with E-state index in [1.807, 2.05) is 12.1 Å². The third kappa shape index (κ3) is 2.09. The quantitative estimate of drug-likeness (QED) is 0.872. The topological polar surface area (TPSA) is 37.8 Å². The summed E-state index contributed by atoms with van der Waals surface area (Å²) >= 11 is 12.0. The molecule has 2 heterocycles. The molecule has 0 spiro atoms. The Labute approximate surface area is 115 Å². The summed E-state index contributed by atoms with van der Waals surface area (Å²) in [6.45, 7) is 1.76. The standard InChI is InChI=1S/C13H11Cl2N3/c14-10-2-1-8(5-11(10)15)13-9-6-16-4-3-12(9)17-7-18-13/h1-2,5,7,16H,3-4,6H2. The van der Waals surface area contributed by atoms with Crippen molar-refractivity contribution in [3.05, 3.63) is 45.8 Å². The van der Waals surface area contributed by atoms with Gasteiger partial charge in [-0.2, -0.15) is 0 Å². The minimum absolute atomic E-state index is 0.547. The SMILES string of the molecule is Clc1ccc(-c2ncnc3c2CNCC3)cc1Cl. The van der Waals surface area contributed by atoms with Crippen LogP contribution in [0.3, 0.4) is 0 Å². The lowest BCUT2D eigenvalue weighted by Gasteiger charge is -2.18. The largest absolute Gasteiger partial charge is 0.312 e. The summed E-state index contributed by atoms with van der Waals surface area (Å²) in [5.74, 6) is 0. The second-order valence-electron chi connectivity index (χ2n) is 4.20. The monoisotopic (exact) mass is 279 g/mol. The van der Waals surface area contributed by atoms with E-state index in [1.165, 1.54) is 0 Å². The van der Waals surface area contributed by atoms with Crippen molar-refractivity contribution < 1.29 is 0 Å². The van der Waals surface area contributed by atoms with E-state index >= 15 is 0 Å². The molecule has 2 aromatic rings. The fourth-order valence-electron chi connectivity index (χ4n) is 2.16. The molecular weight excluding hydrogens is 269 g/mol. The average molecular weight is 280 g/mol. The number of halogens is 2. The van der Waals surface area contributed by atoms with Crippen LogP contribution in [0.25, 0.3) is 11.3 Å². The van der Waals surface area contributed by atoms with E-state index in [4.69, 9.17) is 23.2 Å². The van der Waals surface area contributed by atoms with Crippen LogP contribution in [0.2, 0.25) is 10.0 Å². The Morgan fingerprint density at radius 1 is 1.11 bits per heavy atom. The second-order valence-corrected chi connectivity index (χ2v) is 5.02. The van der Waals surface area contributed by atoms with Crippen LogP contribution in [0, 0.1) is 0 Å². The highest BCUT2D eigenvalue weighted by atomic mass is 35.5. The van der Waals surface area contributed by atoms with Crippen molar-refractivity contribution in [2.45, 2.75) is 13.0 Å². The van der Waals surface area contributed by atoms with E-state index in [0.717, 1.165) is 42.0 Å². The molecule has 1 aliphatic rings. The Balaban J connectivity index is 2.13. The van der Waals surface area contributed by atoms with Gasteiger partial charge >= 0.3 is 0 Å². The first-order valence-electron chi connectivity index (χ1n) is 5.74. The summed E-state index contributed by atoms with van der Waals surface area (Å²) in [7, 11) is 0. The zero-order valence-corrected chi connectivity index (χ0v) is 11.1. The minimum atomic E-state index is 0.547. The predicted octanol–water partition coefficient (Wildman–Crippen LogP) is 3.10. The Hall–Kier alpha value is -1.16. The maximum Gasteiger partial charge on any atom is 0.116 e. The average Bonchev–Trinajstić information content (AvgIpc) is 2.41. The molecule has 1 N–H and O–H groups in total. The van der Waals surface area contributed by atoms with Crippen LogP contribution >= 0.6 is 23.2 Å². The molecule has 1 aromatic heterocycles. The third-order valence-electron chi connectivity index (χ3n) is 3.07. The lowest BCUT2D eigenvalue weighted by atomic mass is 10.0. The van der Waals surface area contributed by atoms with Gasteiger partial charge in [-0.25, -0.2) is 9.97 Å². The summed E-state index contributed by atoms with van der Waals surface area (Å²) in [5.41, 5.74) is 4.18. The summed E-state index contributed by atoms with van der Waals surface area (Å²) in [6, 6.07) is 5.58. The van der Waals surface area contributed by atoms with Gasteiger partial charge in [-0.3, -0.25) is 0 Å².